The van der Waals surface area contributed by atoms with Gasteiger partial charge in [0.05, 0.1) is 23.7 Å². The maximum absolute atomic E-state index is 11.4. The van der Waals surface area contributed by atoms with Gasteiger partial charge < -0.3 is 29.2 Å². The van der Waals surface area contributed by atoms with E-state index < -0.39 is 30.7 Å². The van der Waals surface area contributed by atoms with E-state index in [1.807, 2.05) is 0 Å². The SMILES string of the molecule is C/C(=C\O)C(=O)OC(C)OC(=O)OC(C)OC(=O)/C(C)=C/O. The highest BCUT2D eigenvalue weighted by atomic mass is 16.8. The Bertz CT molecular complexity index is 436. The Kier molecular flexibility index (Phi) is 8.13. The molecule has 0 saturated heterocycles. The lowest BCUT2D eigenvalue weighted by Crippen LogP contribution is -2.27. The van der Waals surface area contributed by atoms with Crippen molar-refractivity contribution < 1.29 is 43.5 Å². The second kappa shape index (κ2) is 9.27. The molecule has 0 aliphatic rings. The lowest BCUT2D eigenvalue weighted by molar-refractivity contribution is -0.176. The molecular weight excluding hydrogens is 300 g/mol. The standard InChI is InChI=1S/C13H18O9/c1-7(5-14)11(16)19-9(3)21-13(18)22-10(4)20-12(17)8(2)6-15/h5-6,9-10,14-15H,1-4H3/b7-5+,8-6+. The molecule has 0 aromatic carbocycles. The van der Waals surface area contributed by atoms with Gasteiger partial charge in [-0.3, -0.25) is 0 Å². The lowest BCUT2D eigenvalue weighted by atomic mass is 10.3. The van der Waals surface area contributed by atoms with Crippen molar-refractivity contribution >= 4 is 18.1 Å². The number of ether oxygens (including phenoxy) is 4. The molecule has 0 rings (SSSR count). The summed E-state index contributed by atoms with van der Waals surface area (Å²) in [7, 11) is 0. The summed E-state index contributed by atoms with van der Waals surface area (Å²) in [5.74, 6) is -1.77. The molecular formula is C13H18O9. The van der Waals surface area contributed by atoms with Crippen LogP contribution in [0.15, 0.2) is 23.7 Å². The van der Waals surface area contributed by atoms with Gasteiger partial charge in [0.2, 0.25) is 12.6 Å². The number of rotatable bonds is 6. The number of carbonyl (C=O) groups excluding carboxylic acids is 3. The van der Waals surface area contributed by atoms with Gasteiger partial charge in [-0.05, 0) is 13.8 Å². The summed E-state index contributed by atoms with van der Waals surface area (Å²) in [5.41, 5.74) is -0.172. The third-order valence-electron chi connectivity index (χ3n) is 2.10. The molecule has 0 heterocycles. The van der Waals surface area contributed by atoms with E-state index >= 15 is 0 Å². The maximum Gasteiger partial charge on any atom is 0.514 e. The van der Waals surface area contributed by atoms with Crippen molar-refractivity contribution in [3.05, 3.63) is 23.7 Å². The Morgan fingerprint density at radius 1 is 0.773 bits per heavy atom. The Labute approximate surface area is 126 Å². The van der Waals surface area contributed by atoms with Gasteiger partial charge in [-0.2, -0.15) is 0 Å². The molecule has 0 saturated carbocycles. The molecule has 2 atom stereocenters. The van der Waals surface area contributed by atoms with Crippen LogP contribution in [-0.2, 0) is 28.5 Å². The fourth-order valence-electron chi connectivity index (χ4n) is 0.940. The zero-order valence-electron chi connectivity index (χ0n) is 12.6. The Morgan fingerprint density at radius 2 is 1.09 bits per heavy atom. The molecule has 0 fully saturated rings. The highest BCUT2D eigenvalue weighted by molar-refractivity contribution is 5.87. The van der Waals surface area contributed by atoms with E-state index in [1.165, 1.54) is 27.7 Å². The van der Waals surface area contributed by atoms with Crippen LogP contribution in [0.25, 0.3) is 0 Å². The van der Waals surface area contributed by atoms with Crippen LogP contribution in [0.3, 0.4) is 0 Å². The smallest absolute Gasteiger partial charge is 0.514 e. The predicted octanol–water partition coefficient (Wildman–Crippen LogP) is 1.84. The van der Waals surface area contributed by atoms with Gasteiger partial charge in [0.15, 0.2) is 0 Å². The van der Waals surface area contributed by atoms with E-state index in [9.17, 15) is 14.4 Å². The first-order valence-electron chi connectivity index (χ1n) is 6.12. The lowest BCUT2D eigenvalue weighted by Gasteiger charge is -2.17. The summed E-state index contributed by atoms with van der Waals surface area (Å²) in [6.07, 6.45) is -2.71. The van der Waals surface area contributed by atoms with Crippen molar-refractivity contribution in [3.63, 3.8) is 0 Å². The Balaban J connectivity index is 4.28. The Hall–Kier alpha value is -2.71. The van der Waals surface area contributed by atoms with Gasteiger partial charge in [0.1, 0.15) is 0 Å². The number of hydrogen-bond acceptors (Lipinski definition) is 9. The summed E-state index contributed by atoms with van der Waals surface area (Å²) >= 11 is 0. The minimum atomic E-state index is -1.28. The maximum atomic E-state index is 11.4. The van der Waals surface area contributed by atoms with Crippen molar-refractivity contribution in [1.82, 2.24) is 0 Å². The molecule has 0 radical (unpaired) electrons. The summed E-state index contributed by atoms with van der Waals surface area (Å²) in [5, 5.41) is 17.2. The Morgan fingerprint density at radius 3 is 1.36 bits per heavy atom. The van der Waals surface area contributed by atoms with Crippen LogP contribution >= 0.6 is 0 Å². The van der Waals surface area contributed by atoms with Crippen molar-refractivity contribution in [2.45, 2.75) is 40.3 Å². The monoisotopic (exact) mass is 318 g/mol. The van der Waals surface area contributed by atoms with E-state index in [-0.39, 0.29) is 11.1 Å². The molecule has 9 nitrogen and oxygen atoms in total. The fraction of sp³-hybridized carbons (Fsp3) is 0.462. The summed E-state index contributed by atoms with van der Waals surface area (Å²) in [4.78, 5) is 33.9. The summed E-state index contributed by atoms with van der Waals surface area (Å²) in [6, 6.07) is 0. The third kappa shape index (κ3) is 7.17. The molecule has 22 heavy (non-hydrogen) atoms. The van der Waals surface area contributed by atoms with Crippen molar-refractivity contribution in [2.75, 3.05) is 0 Å². The van der Waals surface area contributed by atoms with Crippen LogP contribution in [0.1, 0.15) is 27.7 Å². The van der Waals surface area contributed by atoms with Crippen molar-refractivity contribution in [2.24, 2.45) is 0 Å². The molecule has 9 heteroatoms. The molecule has 0 aromatic rings. The van der Waals surface area contributed by atoms with Gasteiger partial charge in [-0.25, -0.2) is 14.4 Å². The van der Waals surface area contributed by atoms with Gasteiger partial charge >= 0.3 is 18.1 Å². The van der Waals surface area contributed by atoms with E-state index in [4.69, 9.17) is 10.2 Å². The van der Waals surface area contributed by atoms with Crippen LogP contribution in [0, 0.1) is 0 Å². The summed E-state index contributed by atoms with van der Waals surface area (Å²) < 4.78 is 18.5. The van der Waals surface area contributed by atoms with Crippen LogP contribution in [0.4, 0.5) is 4.79 Å². The molecule has 0 spiro atoms. The second-order valence-electron chi connectivity index (χ2n) is 4.06. The molecule has 0 aliphatic heterocycles. The van der Waals surface area contributed by atoms with E-state index in [0.717, 1.165) is 0 Å². The fourth-order valence-corrected chi connectivity index (χ4v) is 0.940. The first kappa shape index (κ1) is 19.3. The number of hydrogen-bond donors (Lipinski definition) is 2. The van der Waals surface area contributed by atoms with E-state index in [0.29, 0.717) is 12.5 Å². The van der Waals surface area contributed by atoms with Crippen molar-refractivity contribution in [1.29, 1.82) is 0 Å². The van der Waals surface area contributed by atoms with Crippen LogP contribution < -0.4 is 0 Å². The average molecular weight is 318 g/mol. The number of aliphatic hydroxyl groups excluding tert-OH is 2. The van der Waals surface area contributed by atoms with Gasteiger partial charge in [-0.1, -0.05) is 0 Å². The molecule has 2 unspecified atom stereocenters. The average Bonchev–Trinajstić information content (AvgIpc) is 2.44. The first-order valence-corrected chi connectivity index (χ1v) is 6.12. The number of esters is 2. The quantitative estimate of drug-likeness (QED) is 0.326. The zero-order chi connectivity index (χ0) is 17.3. The molecule has 0 aliphatic carbocycles. The van der Waals surface area contributed by atoms with Gasteiger partial charge in [0, 0.05) is 13.8 Å². The van der Waals surface area contributed by atoms with Crippen molar-refractivity contribution in [3.8, 4) is 0 Å². The molecule has 2 N–H and O–H groups in total. The summed E-state index contributed by atoms with van der Waals surface area (Å²) in [6.45, 7) is 5.09. The topological polar surface area (TPSA) is 129 Å². The molecule has 0 amide bonds. The molecule has 124 valence electrons. The largest absolute Gasteiger partial charge is 0.515 e. The third-order valence-corrected chi connectivity index (χ3v) is 2.10. The zero-order valence-corrected chi connectivity index (χ0v) is 12.6. The second-order valence-corrected chi connectivity index (χ2v) is 4.06. The van der Waals surface area contributed by atoms with Crippen LogP contribution in [0.5, 0.6) is 0 Å². The highest BCUT2D eigenvalue weighted by Crippen LogP contribution is 2.06. The molecule has 0 bridgehead atoms. The van der Waals surface area contributed by atoms with E-state index in [1.54, 1.807) is 0 Å². The van der Waals surface area contributed by atoms with Crippen LogP contribution in [-0.4, -0.2) is 40.9 Å². The van der Waals surface area contributed by atoms with Crippen LogP contribution in [0.2, 0.25) is 0 Å². The first-order chi connectivity index (χ1) is 10.2. The van der Waals surface area contributed by atoms with Gasteiger partial charge in [0.25, 0.3) is 0 Å². The van der Waals surface area contributed by atoms with E-state index in [2.05, 4.69) is 18.9 Å². The highest BCUT2D eigenvalue weighted by Gasteiger charge is 2.20. The normalized spacial score (nSPS) is 14.5. The van der Waals surface area contributed by atoms with Gasteiger partial charge in [-0.15, -0.1) is 0 Å². The minimum Gasteiger partial charge on any atom is -0.515 e. The predicted molar refractivity (Wildman–Crippen MR) is 71.4 cm³/mol. The number of carbonyl (C=O) groups is 3. The minimum absolute atomic E-state index is 0.0858. The molecule has 0 aromatic heterocycles. The number of aliphatic hydroxyl groups is 2.